The van der Waals surface area contributed by atoms with Crippen LogP contribution in [0.4, 0.5) is 0 Å². The number of benzene rings is 1. The molecular formula is C19H15Cl2N3O4. The average molecular weight is 420 g/mol. The lowest BCUT2D eigenvalue weighted by atomic mass is 10.1. The van der Waals surface area contributed by atoms with E-state index in [0.717, 1.165) is 0 Å². The summed E-state index contributed by atoms with van der Waals surface area (Å²) in [4.78, 5) is 16.8. The number of aromatic nitrogens is 2. The second-order valence-electron chi connectivity index (χ2n) is 6.02. The van der Waals surface area contributed by atoms with Gasteiger partial charge in [0.1, 0.15) is 24.2 Å². The highest BCUT2D eigenvalue weighted by Gasteiger charge is 2.20. The quantitative estimate of drug-likeness (QED) is 0.657. The Kier molecular flexibility index (Phi) is 5.87. The smallest absolute Gasteiger partial charge is 0.227 e. The van der Waals surface area contributed by atoms with Gasteiger partial charge >= 0.3 is 0 Å². The molecular weight excluding hydrogens is 405 g/mol. The molecule has 2 aromatic heterocycles. The van der Waals surface area contributed by atoms with E-state index in [2.05, 4.69) is 11.1 Å². The molecule has 7 nitrogen and oxygen atoms in total. The maximum atomic E-state index is 12.7. The van der Waals surface area contributed by atoms with Crippen LogP contribution in [0.3, 0.4) is 0 Å². The highest BCUT2D eigenvalue weighted by atomic mass is 35.5. The zero-order valence-electron chi connectivity index (χ0n) is 14.7. The Hall–Kier alpha value is -2.63. The van der Waals surface area contributed by atoms with Gasteiger partial charge in [-0.1, -0.05) is 29.3 Å². The molecule has 0 aliphatic carbocycles. The van der Waals surface area contributed by atoms with Crippen LogP contribution in [0.1, 0.15) is 11.3 Å². The number of hydrogen-bond donors (Lipinski definition) is 2. The van der Waals surface area contributed by atoms with E-state index in [1.807, 2.05) is 0 Å². The molecule has 144 valence electrons. The molecule has 0 fully saturated rings. The first-order valence-electron chi connectivity index (χ1n) is 8.20. The number of rotatable bonds is 5. The van der Waals surface area contributed by atoms with Gasteiger partial charge in [0.05, 0.1) is 39.6 Å². The predicted octanol–water partition coefficient (Wildman–Crippen LogP) is 2.60. The third-order valence-electron chi connectivity index (χ3n) is 4.09. The normalized spacial score (nSPS) is 12.0. The second kappa shape index (κ2) is 8.17. The number of nitriles is 1. The van der Waals surface area contributed by atoms with Crippen molar-refractivity contribution in [3.05, 3.63) is 62.0 Å². The molecule has 0 saturated carbocycles. The molecule has 1 aromatic carbocycles. The number of pyridine rings is 2. The molecule has 1 unspecified atom stereocenters. The van der Waals surface area contributed by atoms with E-state index >= 15 is 0 Å². The molecule has 0 bridgehead atoms. The van der Waals surface area contributed by atoms with Crippen molar-refractivity contribution in [2.75, 3.05) is 13.2 Å². The fourth-order valence-electron chi connectivity index (χ4n) is 2.86. The number of aliphatic hydroxyl groups excluding tert-OH is 2. The van der Waals surface area contributed by atoms with E-state index < -0.39 is 18.1 Å². The van der Waals surface area contributed by atoms with Gasteiger partial charge in [0.15, 0.2) is 5.43 Å². The topological polar surface area (TPSA) is 108 Å². The summed E-state index contributed by atoms with van der Waals surface area (Å²) in [6.45, 7) is 0.932. The maximum absolute atomic E-state index is 12.7. The number of ether oxygens (including phenoxy) is 1. The summed E-state index contributed by atoms with van der Waals surface area (Å²) in [7, 11) is 0. The largest absolute Gasteiger partial charge is 0.474 e. The highest BCUT2D eigenvalue weighted by molar-refractivity contribution is 6.35. The van der Waals surface area contributed by atoms with Crippen molar-refractivity contribution in [2.45, 2.75) is 13.0 Å². The number of fused-ring (bicyclic) bond motifs is 1. The summed E-state index contributed by atoms with van der Waals surface area (Å²) in [5.41, 5.74) is 1.07. The molecule has 9 heteroatoms. The molecule has 0 radical (unpaired) electrons. The molecule has 0 aliphatic rings. The van der Waals surface area contributed by atoms with Crippen LogP contribution in [0.2, 0.25) is 10.0 Å². The lowest BCUT2D eigenvalue weighted by Gasteiger charge is -2.19. The summed E-state index contributed by atoms with van der Waals surface area (Å²) in [5.74, 6) is -0.0452. The number of aliphatic hydroxyl groups is 2. The number of hydrogen-bond acceptors (Lipinski definition) is 6. The Morgan fingerprint density at radius 3 is 2.79 bits per heavy atom. The van der Waals surface area contributed by atoms with Crippen LogP contribution < -0.4 is 10.2 Å². The summed E-state index contributed by atoms with van der Waals surface area (Å²) in [5, 5.41) is 28.5. The Morgan fingerprint density at radius 2 is 2.11 bits per heavy atom. The van der Waals surface area contributed by atoms with Crippen LogP contribution >= 0.6 is 23.2 Å². The van der Waals surface area contributed by atoms with E-state index in [9.17, 15) is 15.2 Å². The molecule has 0 amide bonds. The number of aryl methyl sites for hydroxylation is 1. The van der Waals surface area contributed by atoms with Gasteiger partial charge in [-0.05, 0) is 19.1 Å². The van der Waals surface area contributed by atoms with Gasteiger partial charge in [0, 0.05) is 11.8 Å². The minimum atomic E-state index is -1.13. The van der Waals surface area contributed by atoms with Gasteiger partial charge < -0.3 is 19.5 Å². The standard InChI is InChI=1S/C19H15Cl2N3O4/c1-10-5-15(27)16-18(14(21)7-23-19(16)28-9-12(26)8-25)24(10)17-11(6-22)3-2-4-13(17)20/h2-5,7,12,25-26H,8-9H2,1H3. The van der Waals surface area contributed by atoms with Crippen molar-refractivity contribution in [2.24, 2.45) is 0 Å². The molecule has 0 saturated heterocycles. The Balaban J connectivity index is 2.38. The van der Waals surface area contributed by atoms with Crippen LogP contribution in [0.5, 0.6) is 5.88 Å². The first-order valence-corrected chi connectivity index (χ1v) is 8.96. The lowest BCUT2D eigenvalue weighted by Crippen LogP contribution is -2.22. The maximum Gasteiger partial charge on any atom is 0.227 e. The Morgan fingerprint density at radius 1 is 1.36 bits per heavy atom. The SMILES string of the molecule is Cc1cc(=O)c2c(OCC(O)CO)ncc(Cl)c2n1-c1c(Cl)cccc1C#N. The number of nitrogens with zero attached hydrogens (tertiary/aromatic N) is 3. The molecule has 1 atom stereocenters. The van der Waals surface area contributed by atoms with Crippen molar-refractivity contribution in [1.29, 1.82) is 5.26 Å². The van der Waals surface area contributed by atoms with Crippen molar-refractivity contribution >= 4 is 34.1 Å². The minimum Gasteiger partial charge on any atom is -0.474 e. The van der Waals surface area contributed by atoms with E-state index in [4.69, 9.17) is 33.0 Å². The first kappa shape index (κ1) is 20.1. The van der Waals surface area contributed by atoms with Crippen LogP contribution in [0.25, 0.3) is 16.6 Å². The predicted molar refractivity (Wildman–Crippen MR) is 105 cm³/mol. The Labute approximate surface area is 170 Å². The van der Waals surface area contributed by atoms with Crippen LogP contribution in [0.15, 0.2) is 35.3 Å². The van der Waals surface area contributed by atoms with Gasteiger partial charge in [-0.25, -0.2) is 4.98 Å². The van der Waals surface area contributed by atoms with Crippen LogP contribution in [-0.2, 0) is 0 Å². The van der Waals surface area contributed by atoms with E-state index in [0.29, 0.717) is 22.0 Å². The summed E-state index contributed by atoms with van der Waals surface area (Å²) < 4.78 is 7.04. The molecule has 3 rings (SSSR count). The lowest BCUT2D eigenvalue weighted by molar-refractivity contribution is 0.0526. The summed E-state index contributed by atoms with van der Waals surface area (Å²) in [6, 6.07) is 8.34. The highest BCUT2D eigenvalue weighted by Crippen LogP contribution is 2.33. The second-order valence-corrected chi connectivity index (χ2v) is 6.83. The van der Waals surface area contributed by atoms with Crippen molar-refractivity contribution < 1.29 is 14.9 Å². The van der Waals surface area contributed by atoms with Crippen molar-refractivity contribution in [3.8, 4) is 17.6 Å². The molecule has 0 aliphatic heterocycles. The van der Waals surface area contributed by atoms with E-state index in [-0.39, 0.29) is 28.4 Å². The monoisotopic (exact) mass is 419 g/mol. The average Bonchev–Trinajstić information content (AvgIpc) is 2.68. The minimum absolute atomic E-state index is 0.0452. The first-order chi connectivity index (χ1) is 13.4. The van der Waals surface area contributed by atoms with E-state index in [1.54, 1.807) is 29.7 Å². The molecule has 2 N–H and O–H groups in total. The fraction of sp³-hybridized carbons (Fsp3) is 0.211. The van der Waals surface area contributed by atoms with Gasteiger partial charge in [0.2, 0.25) is 5.88 Å². The van der Waals surface area contributed by atoms with Crippen LogP contribution in [-0.4, -0.2) is 39.1 Å². The van der Waals surface area contributed by atoms with Crippen molar-refractivity contribution in [1.82, 2.24) is 9.55 Å². The summed E-state index contributed by atoms with van der Waals surface area (Å²) in [6.07, 6.45) is 0.178. The molecule has 3 aromatic rings. The van der Waals surface area contributed by atoms with Crippen molar-refractivity contribution in [3.63, 3.8) is 0 Å². The third-order valence-corrected chi connectivity index (χ3v) is 4.67. The zero-order valence-corrected chi connectivity index (χ0v) is 16.2. The molecule has 0 spiro atoms. The van der Waals surface area contributed by atoms with Gasteiger partial charge in [0.25, 0.3) is 0 Å². The Bertz CT molecular complexity index is 1150. The van der Waals surface area contributed by atoms with Gasteiger partial charge in [-0.2, -0.15) is 5.26 Å². The third kappa shape index (κ3) is 3.55. The number of para-hydroxylation sites is 1. The number of halogens is 2. The zero-order chi connectivity index (χ0) is 20.4. The van der Waals surface area contributed by atoms with E-state index in [1.165, 1.54) is 12.3 Å². The van der Waals surface area contributed by atoms with Crippen LogP contribution in [0, 0.1) is 18.3 Å². The molecule has 28 heavy (non-hydrogen) atoms. The fourth-order valence-corrected chi connectivity index (χ4v) is 3.35. The van der Waals surface area contributed by atoms with Gasteiger partial charge in [-0.3, -0.25) is 4.79 Å². The summed E-state index contributed by atoms with van der Waals surface area (Å²) >= 11 is 12.7. The van der Waals surface area contributed by atoms with Gasteiger partial charge in [-0.15, -0.1) is 0 Å². The molecule has 2 heterocycles.